The van der Waals surface area contributed by atoms with Gasteiger partial charge in [0.2, 0.25) is 0 Å². The van der Waals surface area contributed by atoms with Crippen molar-refractivity contribution in [3.8, 4) is 0 Å². The summed E-state index contributed by atoms with van der Waals surface area (Å²) in [4.78, 5) is 46.9. The van der Waals surface area contributed by atoms with Crippen LogP contribution in [0.4, 0.5) is 0 Å². The van der Waals surface area contributed by atoms with Crippen molar-refractivity contribution < 1.29 is 227 Å². The van der Waals surface area contributed by atoms with Gasteiger partial charge in [0.15, 0.2) is 37.7 Å². The van der Waals surface area contributed by atoms with Crippen molar-refractivity contribution in [1.82, 2.24) is 0 Å². The van der Waals surface area contributed by atoms with Crippen LogP contribution in [0.15, 0.2) is 0 Å². The molecule has 0 aromatic rings. The maximum absolute atomic E-state index is 13.7. The monoisotopic (exact) mass is 1510 g/mol. The summed E-state index contributed by atoms with van der Waals surface area (Å²) >= 11 is 0. The highest BCUT2D eigenvalue weighted by Gasteiger charge is 2.64. The Morgan fingerprint density at radius 1 is 0.436 bits per heavy atom. The number of carbonyl (C=O) groups is 2. The molecule has 8 saturated heterocycles. The van der Waals surface area contributed by atoms with Gasteiger partial charge in [0, 0.05) is 12.8 Å². The van der Waals surface area contributed by atoms with Crippen LogP contribution in [-0.2, 0) is 89.7 Å². The van der Waals surface area contributed by atoms with E-state index in [0.29, 0.717) is 0 Å². The van der Waals surface area contributed by atoms with E-state index in [1.165, 1.54) is 0 Å². The molecule has 0 aromatic heterocycles. The smallest absolute Gasteiger partial charge is 0.469 e. The van der Waals surface area contributed by atoms with Gasteiger partial charge in [-0.15, -0.1) is 0 Å². The van der Waals surface area contributed by atoms with Gasteiger partial charge in [0.25, 0.3) is 11.6 Å². The zero-order valence-corrected chi connectivity index (χ0v) is 53.3. The highest BCUT2D eigenvalue weighted by Crippen LogP contribution is 2.44. The van der Waals surface area contributed by atoms with Crippen LogP contribution < -0.4 is 11.5 Å². The van der Waals surface area contributed by atoms with Gasteiger partial charge >= 0.3 is 19.8 Å². The Hall–Kier alpha value is -2.55. The number of aliphatic hydroxyl groups excluding tert-OH is 23. The molecule has 49 heteroatoms. The second-order valence-corrected chi connectivity index (χ2v) is 26.4. The van der Waals surface area contributed by atoms with Crippen molar-refractivity contribution in [3.63, 3.8) is 0 Å². The van der Waals surface area contributed by atoms with Gasteiger partial charge in [-0.25, -0.2) is 14.2 Å². The van der Waals surface area contributed by atoms with Gasteiger partial charge in [-0.1, -0.05) is 0 Å². The zero-order chi connectivity index (χ0) is 75.0. The summed E-state index contributed by atoms with van der Waals surface area (Å²) in [6, 6.07) is -3.19. The minimum atomic E-state index is -5.68. The van der Waals surface area contributed by atoms with Crippen molar-refractivity contribution in [3.05, 3.63) is 0 Å². The molecule has 588 valence electrons. The molecule has 0 saturated carbocycles. The van der Waals surface area contributed by atoms with Crippen molar-refractivity contribution in [2.24, 2.45) is 11.5 Å². The zero-order valence-electron chi connectivity index (χ0n) is 52.4. The van der Waals surface area contributed by atoms with Gasteiger partial charge in [-0.05, 0) is 0 Å². The number of phosphoric ester groups is 1. The van der Waals surface area contributed by atoms with E-state index < -0.39 is 330 Å². The van der Waals surface area contributed by atoms with Gasteiger partial charge < -0.3 is 220 Å². The van der Waals surface area contributed by atoms with Gasteiger partial charge in [-0.2, -0.15) is 0 Å². The first-order valence-corrected chi connectivity index (χ1v) is 32.7. The van der Waals surface area contributed by atoms with E-state index in [1.54, 1.807) is 0 Å². The fourth-order valence-corrected chi connectivity index (χ4v) is 12.6. The van der Waals surface area contributed by atoms with Gasteiger partial charge in [-0.3, -0.25) is 4.52 Å². The molecule has 48 nitrogen and oxygen atoms in total. The molecule has 0 amide bonds. The summed E-state index contributed by atoms with van der Waals surface area (Å²) in [6.07, 6.45) is -80.4. The SMILES string of the molecule is N[C@@H]1[C@@H](O)[C@H](O)[C@@H](CO[C@@H]2O[C@H](CO[C@]3(C(=O)O)C[C@@H](O[C@]4(C(=O)O)C[C@@H](O)[C@@H](O)[C@@H]([C@H](O)CO)O4)[C@@H](O[C@H]4O[C@H](COP(=O)(O)O)[C@@H](O[C@@H]5O[C@H](CO[C@H]6O[C@H](CO[C@H]7O[C@H](CO)[C@@H](O)[C@H](O)[C@H]7O)[C@@H](O)[C@H](O)[C@H]6O)[C@@H](O)[C@H](O)[C@H]5O)[C@H](O)[C@H]4O)[C@@H]([C@H](O)CO)O3)[C@@H](O)[C@H](O)[C@H]2N)O[C@@H]1O. The fraction of sp³-hybridized carbons (Fsp3) is 0.962. The molecule has 0 aliphatic carbocycles. The van der Waals surface area contributed by atoms with Crippen molar-refractivity contribution in [2.45, 2.75) is 257 Å². The standard InChI is InChI=1S/C52H89N2O46P/c53-21-29(67)25(63)16(90-43(21)77)6-85-44-22(54)30(68)26(64)19(92-44)9-88-51(49(78)79)2-14(98-52(50(80)81)1-11(58)23(61)39(99-52)12(59)3-55)42(40(100-51)13(60)4-56)97-48-38(76)34(72)41(20(95-48)10-89-101(82,83)84)96-47-37(75)33(71)28(66)18(94-47)8-87-46-36(74)32(70)27(65)17(93-46)7-86-45-35(73)31(69)24(62)15(5-57)91-45/h11-48,55-77H,1-10,53-54H2,(H,78,79)(H,80,81)(H2,82,83,84)/t11-,12-,13-,14-,15-,16-,17-,18-,19-,20-,21-,22-,23-,24-,25-,26-,27-,28-,29-,30-,31+,32+,33+,34-,35-,36-,37-,38-,39-,40-,41-,42-,43+,44-,45+,46+,47+,48-,51-,52-/m1/s1. The fourth-order valence-electron chi connectivity index (χ4n) is 12.3. The lowest BCUT2D eigenvalue weighted by atomic mass is 9.89. The van der Waals surface area contributed by atoms with E-state index in [9.17, 15) is 152 Å². The number of hydrogen-bond donors (Lipinski definition) is 29. The third-order valence-corrected chi connectivity index (χ3v) is 18.7. The average molecular weight is 1510 g/mol. The number of rotatable bonds is 28. The predicted octanol–water partition coefficient (Wildman–Crippen LogP) is -18.7. The number of carboxylic acids is 2. The maximum atomic E-state index is 13.7. The van der Waals surface area contributed by atoms with Crippen LogP contribution in [0.3, 0.4) is 0 Å². The van der Waals surface area contributed by atoms with Crippen molar-refractivity contribution in [2.75, 3.05) is 52.9 Å². The molecular weight excluding hydrogens is 1420 g/mol. The van der Waals surface area contributed by atoms with Crippen LogP contribution in [0.25, 0.3) is 0 Å². The lowest BCUT2D eigenvalue weighted by Gasteiger charge is -2.52. The summed E-state index contributed by atoms with van der Waals surface area (Å²) in [5.41, 5.74) is 11.7. The molecule has 31 N–H and O–H groups in total. The molecule has 0 spiro atoms. The van der Waals surface area contributed by atoms with Crippen LogP contribution in [0.2, 0.25) is 0 Å². The van der Waals surface area contributed by atoms with Crippen molar-refractivity contribution in [1.29, 1.82) is 0 Å². The number of carboxylic acid groups (broad SMARTS) is 2. The van der Waals surface area contributed by atoms with Crippen LogP contribution in [0.5, 0.6) is 0 Å². The van der Waals surface area contributed by atoms with Crippen LogP contribution >= 0.6 is 7.82 Å². The minimum absolute atomic E-state index is 0.794. The Labute approximate surface area is 567 Å². The molecule has 0 aromatic carbocycles. The van der Waals surface area contributed by atoms with Crippen LogP contribution in [0.1, 0.15) is 12.8 Å². The first-order valence-electron chi connectivity index (χ1n) is 31.1. The second-order valence-electron chi connectivity index (χ2n) is 25.2. The number of aliphatic hydroxyl groups is 23. The molecule has 0 unspecified atom stereocenters. The molecule has 101 heavy (non-hydrogen) atoms. The number of hydrogen-bond acceptors (Lipinski definition) is 44. The molecule has 0 radical (unpaired) electrons. The van der Waals surface area contributed by atoms with E-state index in [0.717, 1.165) is 0 Å². The molecule has 40 atom stereocenters. The minimum Gasteiger partial charge on any atom is -0.477 e. The Morgan fingerprint density at radius 2 is 0.842 bits per heavy atom. The third-order valence-electron chi connectivity index (χ3n) is 18.2. The number of phosphoric acid groups is 1. The molecule has 8 aliphatic rings. The summed E-state index contributed by atoms with van der Waals surface area (Å²) in [7, 11) is -5.68. The highest BCUT2D eigenvalue weighted by atomic mass is 31.2. The first-order chi connectivity index (χ1) is 47.2. The lowest BCUT2D eigenvalue weighted by Crippen LogP contribution is -2.70. The molecule has 8 fully saturated rings. The molecule has 0 bridgehead atoms. The number of aliphatic carboxylic acids is 2. The van der Waals surface area contributed by atoms with Gasteiger partial charge in [0.05, 0.1) is 77.1 Å². The Kier molecular flexibility index (Phi) is 29.0. The molecule has 8 rings (SSSR count). The normalized spacial score (nSPS) is 49.4. The third kappa shape index (κ3) is 18.4. The Morgan fingerprint density at radius 3 is 1.36 bits per heavy atom. The Balaban J connectivity index is 1.05. The second kappa shape index (κ2) is 34.8. The summed E-state index contributed by atoms with van der Waals surface area (Å²) in [5.74, 6) is -11.5. The molecular formula is C52H89N2O46P. The summed E-state index contributed by atoms with van der Waals surface area (Å²) in [6.45, 7) is -9.13. The number of nitrogens with two attached hydrogens (primary N) is 2. The Bertz CT molecular complexity index is 2690. The van der Waals surface area contributed by atoms with Crippen LogP contribution in [0, 0.1) is 0 Å². The first kappa shape index (κ1) is 84.1. The average Bonchev–Trinajstić information content (AvgIpc) is 0.742. The molecule has 8 heterocycles. The van der Waals surface area contributed by atoms with E-state index in [4.69, 9.17) is 82.5 Å². The number of ether oxygens (including phenoxy) is 15. The largest absolute Gasteiger partial charge is 0.477 e. The molecule has 8 aliphatic heterocycles. The topological polar surface area (TPSA) is 797 Å². The maximum Gasteiger partial charge on any atom is 0.469 e. The predicted molar refractivity (Wildman–Crippen MR) is 302 cm³/mol. The lowest BCUT2D eigenvalue weighted by molar-refractivity contribution is -0.404. The van der Waals surface area contributed by atoms with E-state index >= 15 is 0 Å². The van der Waals surface area contributed by atoms with Crippen molar-refractivity contribution >= 4 is 19.8 Å². The summed E-state index contributed by atoms with van der Waals surface area (Å²) < 4.78 is 101. The highest BCUT2D eigenvalue weighted by molar-refractivity contribution is 7.46. The van der Waals surface area contributed by atoms with Gasteiger partial charge in [0.1, 0.15) is 171 Å². The van der Waals surface area contributed by atoms with E-state index in [-0.39, 0.29) is 0 Å². The van der Waals surface area contributed by atoms with E-state index in [2.05, 4.69) is 4.52 Å². The van der Waals surface area contributed by atoms with Crippen LogP contribution in [-0.4, -0.2) is 447 Å². The summed E-state index contributed by atoms with van der Waals surface area (Å²) in [5, 5.41) is 269. The van der Waals surface area contributed by atoms with E-state index in [1.807, 2.05) is 0 Å². The quantitative estimate of drug-likeness (QED) is 0.0324.